The third-order valence-corrected chi connectivity index (χ3v) is 13.6. The number of rotatable bonds is 6. The molecule has 0 bridgehead atoms. The van der Waals surface area contributed by atoms with Gasteiger partial charge in [0.25, 0.3) is 0 Å². The Balaban J connectivity index is 0.924. The van der Waals surface area contributed by atoms with Crippen molar-refractivity contribution in [2.45, 2.75) is 0 Å². The first-order valence-electron chi connectivity index (χ1n) is 21.0. The predicted molar refractivity (Wildman–Crippen MR) is 262 cm³/mol. The lowest BCUT2D eigenvalue weighted by molar-refractivity contribution is 0.670. The molecule has 0 aliphatic rings. The summed E-state index contributed by atoms with van der Waals surface area (Å²) in [5.74, 6) is 0. The first kappa shape index (κ1) is 34.9. The average Bonchev–Trinajstić information content (AvgIpc) is 4.04. The Morgan fingerprint density at radius 1 is 0.306 bits per heavy atom. The molecule has 13 aromatic rings. The SMILES string of the molecule is c1ccc2c(c1)ccc1c2oc2cccc(-c3ccc(N(c4ccc(-c5cccc6c5oc5ccccc56)cc4)c4ccc(-c5cccc6sc7ccccc7c56)cc4)cc3)c21. The van der Waals surface area contributed by atoms with Crippen LogP contribution >= 0.6 is 11.3 Å². The Bertz CT molecular complexity index is 3850. The van der Waals surface area contributed by atoms with Crippen molar-refractivity contribution in [3.8, 4) is 33.4 Å². The molecule has 0 unspecified atom stereocenters. The second kappa shape index (κ2) is 13.8. The third kappa shape index (κ3) is 5.44. The molecule has 0 amide bonds. The first-order chi connectivity index (χ1) is 30.7. The van der Waals surface area contributed by atoms with E-state index < -0.39 is 0 Å². The Morgan fingerprint density at radius 2 is 0.823 bits per heavy atom. The summed E-state index contributed by atoms with van der Waals surface area (Å²) in [5.41, 5.74) is 13.8. The third-order valence-electron chi connectivity index (χ3n) is 12.5. The van der Waals surface area contributed by atoms with Crippen LogP contribution in [0.15, 0.2) is 221 Å². The number of furan rings is 2. The molecule has 3 heterocycles. The number of fused-ring (bicyclic) bond motifs is 11. The van der Waals surface area contributed by atoms with Crippen molar-refractivity contribution >= 4 is 103 Å². The van der Waals surface area contributed by atoms with Gasteiger partial charge in [0.2, 0.25) is 0 Å². The molecule has 0 saturated heterocycles. The molecule has 0 saturated carbocycles. The van der Waals surface area contributed by atoms with Crippen LogP contribution in [0.25, 0.3) is 108 Å². The minimum atomic E-state index is 0.893. The topological polar surface area (TPSA) is 29.5 Å². The summed E-state index contributed by atoms with van der Waals surface area (Å²) in [7, 11) is 0. The van der Waals surface area contributed by atoms with Gasteiger partial charge in [-0.1, -0.05) is 146 Å². The molecule has 0 aliphatic heterocycles. The highest BCUT2D eigenvalue weighted by molar-refractivity contribution is 7.25. The van der Waals surface area contributed by atoms with Crippen LogP contribution in [0.3, 0.4) is 0 Å². The van der Waals surface area contributed by atoms with Gasteiger partial charge in [-0.15, -0.1) is 11.3 Å². The summed E-state index contributed by atoms with van der Waals surface area (Å²) < 4.78 is 15.6. The number of hydrogen-bond donors (Lipinski definition) is 0. The van der Waals surface area contributed by atoms with Crippen LogP contribution in [0.4, 0.5) is 17.1 Å². The maximum absolute atomic E-state index is 6.55. The van der Waals surface area contributed by atoms with E-state index >= 15 is 0 Å². The van der Waals surface area contributed by atoms with Crippen molar-refractivity contribution in [2.75, 3.05) is 4.90 Å². The second-order valence-corrected chi connectivity index (χ2v) is 17.1. The molecular formula is C58H35NO2S. The van der Waals surface area contributed by atoms with Crippen molar-refractivity contribution in [1.82, 2.24) is 0 Å². The van der Waals surface area contributed by atoms with E-state index in [4.69, 9.17) is 8.83 Å². The van der Waals surface area contributed by atoms with Crippen LogP contribution in [0.5, 0.6) is 0 Å². The Labute approximate surface area is 360 Å². The van der Waals surface area contributed by atoms with Crippen molar-refractivity contribution in [3.05, 3.63) is 212 Å². The van der Waals surface area contributed by atoms with Crippen molar-refractivity contribution < 1.29 is 8.83 Å². The zero-order chi connectivity index (χ0) is 40.7. The van der Waals surface area contributed by atoms with E-state index in [0.717, 1.165) is 88.6 Å². The van der Waals surface area contributed by atoms with Gasteiger partial charge in [0, 0.05) is 69.7 Å². The van der Waals surface area contributed by atoms with Crippen LogP contribution in [0.2, 0.25) is 0 Å². The lowest BCUT2D eigenvalue weighted by atomic mass is 9.97. The van der Waals surface area contributed by atoms with Crippen molar-refractivity contribution in [2.24, 2.45) is 0 Å². The molecule has 0 N–H and O–H groups in total. The number of anilines is 3. The zero-order valence-electron chi connectivity index (χ0n) is 33.4. The summed E-state index contributed by atoms with van der Waals surface area (Å²) in [6.07, 6.45) is 0. The number of thiophene rings is 1. The number of para-hydroxylation sites is 2. The fourth-order valence-corrected chi connectivity index (χ4v) is 10.7. The van der Waals surface area contributed by atoms with Gasteiger partial charge >= 0.3 is 0 Å². The van der Waals surface area contributed by atoms with Crippen molar-refractivity contribution in [3.63, 3.8) is 0 Å². The van der Waals surface area contributed by atoms with Gasteiger partial charge in [0.05, 0.1) is 0 Å². The zero-order valence-corrected chi connectivity index (χ0v) is 34.2. The van der Waals surface area contributed by atoms with E-state index in [0.29, 0.717) is 0 Å². The quantitative estimate of drug-likeness (QED) is 0.168. The van der Waals surface area contributed by atoms with Gasteiger partial charge in [-0.3, -0.25) is 0 Å². The monoisotopic (exact) mass is 809 g/mol. The molecule has 0 radical (unpaired) electrons. The van der Waals surface area contributed by atoms with Crippen LogP contribution in [-0.4, -0.2) is 0 Å². The minimum absolute atomic E-state index is 0.893. The van der Waals surface area contributed by atoms with E-state index in [1.165, 1.54) is 36.7 Å². The first-order valence-corrected chi connectivity index (χ1v) is 21.8. The molecular weight excluding hydrogens is 775 g/mol. The van der Waals surface area contributed by atoms with E-state index in [1.807, 2.05) is 23.5 Å². The van der Waals surface area contributed by atoms with Gasteiger partial charge < -0.3 is 13.7 Å². The highest BCUT2D eigenvalue weighted by Crippen LogP contribution is 2.44. The molecule has 3 nitrogen and oxygen atoms in total. The van der Waals surface area contributed by atoms with Gasteiger partial charge in [0.1, 0.15) is 22.3 Å². The van der Waals surface area contributed by atoms with E-state index in [2.05, 4.69) is 205 Å². The van der Waals surface area contributed by atoms with E-state index in [9.17, 15) is 0 Å². The number of hydrogen-bond acceptors (Lipinski definition) is 4. The minimum Gasteiger partial charge on any atom is -0.455 e. The standard InChI is InChI=1S/C58H35NO2S/c1-2-11-45-36(10-1)28-35-50-55-43(14-8-19-52(55)61-58(45)50)37-22-29-40(30-23-37)59(41-31-24-38(25-32-41)44-15-9-21-54-56(44)49-13-4-6-20-53(49)62-54)42-33-26-39(27-34-42)46-16-7-17-48-47-12-3-5-18-51(47)60-57(46)48/h1-35H. The van der Waals surface area contributed by atoms with Gasteiger partial charge in [0.15, 0.2) is 0 Å². The Kier molecular flexibility index (Phi) is 7.78. The maximum Gasteiger partial charge on any atom is 0.143 e. The van der Waals surface area contributed by atoms with Gasteiger partial charge in [-0.05, 0) is 99.9 Å². The summed E-state index contributed by atoms with van der Waals surface area (Å²) >= 11 is 1.86. The molecule has 0 fully saturated rings. The molecule has 0 atom stereocenters. The Hall–Kier alpha value is -7.92. The van der Waals surface area contributed by atoms with E-state index in [1.54, 1.807) is 0 Å². The van der Waals surface area contributed by atoms with Crippen LogP contribution in [-0.2, 0) is 0 Å². The van der Waals surface area contributed by atoms with E-state index in [-0.39, 0.29) is 0 Å². The lowest BCUT2D eigenvalue weighted by Crippen LogP contribution is -2.09. The van der Waals surface area contributed by atoms with Gasteiger partial charge in [-0.2, -0.15) is 0 Å². The highest BCUT2D eigenvalue weighted by atomic mass is 32.1. The molecule has 13 rings (SSSR count). The van der Waals surface area contributed by atoms with Gasteiger partial charge in [-0.25, -0.2) is 0 Å². The maximum atomic E-state index is 6.55. The van der Waals surface area contributed by atoms with Crippen molar-refractivity contribution in [1.29, 1.82) is 0 Å². The number of nitrogens with zero attached hydrogens (tertiary/aromatic N) is 1. The second-order valence-electron chi connectivity index (χ2n) is 16.0. The molecule has 3 aromatic heterocycles. The molecule has 10 aromatic carbocycles. The summed E-state index contributed by atoms with van der Waals surface area (Å²) in [6, 6.07) is 76.1. The van der Waals surface area contributed by atoms with Crippen LogP contribution < -0.4 is 4.90 Å². The average molecular weight is 810 g/mol. The van der Waals surface area contributed by atoms with Crippen LogP contribution in [0.1, 0.15) is 0 Å². The molecule has 4 heteroatoms. The highest BCUT2D eigenvalue weighted by Gasteiger charge is 2.19. The summed E-state index contributed by atoms with van der Waals surface area (Å²) in [6.45, 7) is 0. The summed E-state index contributed by atoms with van der Waals surface area (Å²) in [4.78, 5) is 2.35. The normalized spacial score (nSPS) is 11.9. The van der Waals surface area contributed by atoms with Crippen LogP contribution in [0, 0.1) is 0 Å². The lowest BCUT2D eigenvalue weighted by Gasteiger charge is -2.26. The largest absolute Gasteiger partial charge is 0.455 e. The predicted octanol–water partition coefficient (Wildman–Crippen LogP) is 17.5. The smallest absolute Gasteiger partial charge is 0.143 e. The Morgan fingerprint density at radius 3 is 1.56 bits per heavy atom. The fourth-order valence-electron chi connectivity index (χ4n) is 9.60. The number of benzene rings is 10. The molecule has 290 valence electrons. The molecule has 0 aliphatic carbocycles. The summed E-state index contributed by atoms with van der Waals surface area (Å²) in [5, 5.41) is 9.45. The molecule has 0 spiro atoms. The fraction of sp³-hybridized carbons (Fsp3) is 0. The molecule has 62 heavy (non-hydrogen) atoms.